The lowest BCUT2D eigenvalue weighted by atomic mass is 10.2. The molecular formula is C17H19N5OS. The highest BCUT2D eigenvalue weighted by atomic mass is 32.1. The van der Waals surface area contributed by atoms with E-state index < -0.39 is 0 Å². The molecule has 0 radical (unpaired) electrons. The Balaban J connectivity index is 1.73. The SMILES string of the molecule is S=c1nc[nH]c2c1nc(-c1ccccc1)n2CCN1CCOCC1. The van der Waals surface area contributed by atoms with E-state index in [9.17, 15) is 0 Å². The second-order valence-electron chi connectivity index (χ2n) is 5.81. The minimum absolute atomic E-state index is 0.533. The molecule has 0 amide bonds. The van der Waals surface area contributed by atoms with Crippen LogP contribution in [0.2, 0.25) is 0 Å². The number of H-pyrrole nitrogens is 1. The van der Waals surface area contributed by atoms with Crippen LogP contribution in [0.5, 0.6) is 0 Å². The van der Waals surface area contributed by atoms with Crippen LogP contribution in [0.4, 0.5) is 0 Å². The van der Waals surface area contributed by atoms with Gasteiger partial charge in [-0.25, -0.2) is 9.97 Å². The van der Waals surface area contributed by atoms with Gasteiger partial charge in [0.15, 0.2) is 4.64 Å². The number of hydrogen-bond donors (Lipinski definition) is 1. The fourth-order valence-corrected chi connectivity index (χ4v) is 3.25. The zero-order chi connectivity index (χ0) is 16.4. The number of nitrogens with one attached hydrogen (secondary N) is 1. The molecule has 0 atom stereocenters. The van der Waals surface area contributed by atoms with Gasteiger partial charge in [0.25, 0.3) is 0 Å². The van der Waals surface area contributed by atoms with Crippen LogP contribution < -0.4 is 0 Å². The molecule has 1 aromatic carbocycles. The van der Waals surface area contributed by atoms with Crippen molar-refractivity contribution in [1.82, 2.24) is 24.4 Å². The molecule has 6 nitrogen and oxygen atoms in total. The molecule has 0 unspecified atom stereocenters. The minimum atomic E-state index is 0.533. The highest BCUT2D eigenvalue weighted by molar-refractivity contribution is 7.71. The predicted octanol–water partition coefficient (Wildman–Crippen LogP) is 2.49. The number of imidazole rings is 1. The van der Waals surface area contributed by atoms with Gasteiger partial charge < -0.3 is 14.3 Å². The average molecular weight is 341 g/mol. The smallest absolute Gasteiger partial charge is 0.157 e. The van der Waals surface area contributed by atoms with Crippen LogP contribution in [0, 0.1) is 4.64 Å². The monoisotopic (exact) mass is 341 g/mol. The van der Waals surface area contributed by atoms with Gasteiger partial charge in [0.05, 0.1) is 19.5 Å². The summed E-state index contributed by atoms with van der Waals surface area (Å²) in [7, 11) is 0. The molecule has 1 N–H and O–H groups in total. The first kappa shape index (κ1) is 15.4. The summed E-state index contributed by atoms with van der Waals surface area (Å²) in [6, 6.07) is 10.2. The molecule has 1 fully saturated rings. The van der Waals surface area contributed by atoms with Crippen molar-refractivity contribution in [3.63, 3.8) is 0 Å². The van der Waals surface area contributed by atoms with Crippen LogP contribution in [0.1, 0.15) is 0 Å². The number of aromatic nitrogens is 4. The van der Waals surface area contributed by atoms with Crippen molar-refractivity contribution in [3.05, 3.63) is 41.3 Å². The number of fused-ring (bicyclic) bond motifs is 1. The van der Waals surface area contributed by atoms with E-state index >= 15 is 0 Å². The standard InChI is InChI=1S/C17H19N5OS/c24-17-14-16(18-12-19-17)22(7-6-21-8-10-23-11-9-21)15(20-14)13-4-2-1-3-5-13/h1-5,12H,6-11H2,(H,18,19,24). The number of hydrogen-bond acceptors (Lipinski definition) is 5. The molecule has 0 aliphatic carbocycles. The van der Waals surface area contributed by atoms with Crippen molar-refractivity contribution in [1.29, 1.82) is 0 Å². The second kappa shape index (κ2) is 6.80. The Kier molecular flexibility index (Phi) is 4.38. The molecule has 0 saturated carbocycles. The van der Waals surface area contributed by atoms with E-state index in [1.165, 1.54) is 0 Å². The predicted molar refractivity (Wildman–Crippen MR) is 95.4 cm³/mol. The van der Waals surface area contributed by atoms with Gasteiger partial charge in [0.2, 0.25) is 0 Å². The molecule has 0 bridgehead atoms. The Morgan fingerprint density at radius 1 is 1.12 bits per heavy atom. The maximum Gasteiger partial charge on any atom is 0.157 e. The van der Waals surface area contributed by atoms with E-state index in [0.717, 1.165) is 61.9 Å². The largest absolute Gasteiger partial charge is 0.379 e. The van der Waals surface area contributed by atoms with Crippen molar-refractivity contribution in [2.75, 3.05) is 32.8 Å². The van der Waals surface area contributed by atoms with Crippen LogP contribution in [0.15, 0.2) is 36.7 Å². The van der Waals surface area contributed by atoms with Crippen molar-refractivity contribution in [3.8, 4) is 11.4 Å². The molecule has 3 aromatic rings. The van der Waals surface area contributed by atoms with Crippen LogP contribution in [-0.4, -0.2) is 57.3 Å². The maximum absolute atomic E-state index is 5.43. The van der Waals surface area contributed by atoms with Crippen LogP contribution in [-0.2, 0) is 11.3 Å². The van der Waals surface area contributed by atoms with E-state index in [1.54, 1.807) is 6.33 Å². The minimum Gasteiger partial charge on any atom is -0.379 e. The lowest BCUT2D eigenvalue weighted by Gasteiger charge is -2.26. The molecule has 1 aliphatic rings. The number of nitrogens with zero attached hydrogens (tertiary/aromatic N) is 4. The third-order valence-electron chi connectivity index (χ3n) is 4.33. The average Bonchev–Trinajstić information content (AvgIpc) is 3.02. The Bertz CT molecular complexity index is 883. The summed E-state index contributed by atoms with van der Waals surface area (Å²) >= 11 is 5.35. The molecule has 2 aromatic heterocycles. The molecular weight excluding hydrogens is 322 g/mol. The zero-order valence-electron chi connectivity index (χ0n) is 13.3. The first-order valence-electron chi connectivity index (χ1n) is 8.12. The second-order valence-corrected chi connectivity index (χ2v) is 6.20. The van der Waals surface area contributed by atoms with Gasteiger partial charge in [-0.05, 0) is 0 Å². The summed E-state index contributed by atoms with van der Waals surface area (Å²) in [5, 5.41) is 0. The third kappa shape index (κ3) is 2.98. The van der Waals surface area contributed by atoms with Crippen molar-refractivity contribution < 1.29 is 4.74 Å². The number of morpholine rings is 1. The lowest BCUT2D eigenvalue weighted by molar-refractivity contribution is 0.0365. The Hall–Kier alpha value is -2.09. The van der Waals surface area contributed by atoms with Gasteiger partial charge in [0.1, 0.15) is 17.0 Å². The van der Waals surface area contributed by atoms with E-state index in [2.05, 4.69) is 31.6 Å². The van der Waals surface area contributed by atoms with Gasteiger partial charge in [-0.15, -0.1) is 0 Å². The summed E-state index contributed by atoms with van der Waals surface area (Å²) in [6.45, 7) is 5.37. The molecule has 24 heavy (non-hydrogen) atoms. The van der Waals surface area contributed by atoms with Gasteiger partial charge in [-0.2, -0.15) is 0 Å². The van der Waals surface area contributed by atoms with E-state index in [-0.39, 0.29) is 0 Å². The Labute approximate surface area is 145 Å². The highest BCUT2D eigenvalue weighted by Gasteiger charge is 2.16. The Morgan fingerprint density at radius 2 is 1.92 bits per heavy atom. The normalized spacial score (nSPS) is 15.8. The van der Waals surface area contributed by atoms with Crippen molar-refractivity contribution >= 4 is 23.4 Å². The van der Waals surface area contributed by atoms with E-state index in [1.807, 2.05) is 18.2 Å². The molecule has 4 rings (SSSR count). The third-order valence-corrected chi connectivity index (χ3v) is 4.63. The Morgan fingerprint density at radius 3 is 2.71 bits per heavy atom. The highest BCUT2D eigenvalue weighted by Crippen LogP contribution is 2.23. The van der Waals surface area contributed by atoms with Gasteiger partial charge in [0, 0.05) is 31.7 Å². The molecule has 1 saturated heterocycles. The fraction of sp³-hybridized carbons (Fsp3) is 0.353. The first-order valence-corrected chi connectivity index (χ1v) is 8.53. The van der Waals surface area contributed by atoms with Crippen LogP contribution in [0.25, 0.3) is 22.6 Å². The summed E-state index contributed by atoms with van der Waals surface area (Å²) in [5.74, 6) is 0.925. The number of rotatable bonds is 4. The summed E-state index contributed by atoms with van der Waals surface area (Å²) in [6.07, 6.45) is 1.65. The first-order chi connectivity index (χ1) is 11.8. The van der Waals surface area contributed by atoms with Gasteiger partial charge in [-0.1, -0.05) is 42.5 Å². The zero-order valence-corrected chi connectivity index (χ0v) is 14.1. The molecule has 0 spiro atoms. The quantitative estimate of drug-likeness (QED) is 0.739. The molecule has 3 heterocycles. The van der Waals surface area contributed by atoms with E-state index in [0.29, 0.717) is 4.64 Å². The summed E-state index contributed by atoms with van der Waals surface area (Å²) in [4.78, 5) is 14.6. The fourth-order valence-electron chi connectivity index (χ4n) is 3.05. The van der Waals surface area contributed by atoms with Crippen LogP contribution >= 0.6 is 12.2 Å². The molecule has 1 aliphatic heterocycles. The van der Waals surface area contributed by atoms with Crippen molar-refractivity contribution in [2.45, 2.75) is 6.54 Å². The van der Waals surface area contributed by atoms with Crippen molar-refractivity contribution in [2.24, 2.45) is 0 Å². The maximum atomic E-state index is 5.43. The molecule has 7 heteroatoms. The lowest BCUT2D eigenvalue weighted by Crippen LogP contribution is -2.38. The topological polar surface area (TPSA) is 59.0 Å². The van der Waals surface area contributed by atoms with Gasteiger partial charge in [-0.3, -0.25) is 4.90 Å². The summed E-state index contributed by atoms with van der Waals surface area (Å²) in [5.41, 5.74) is 2.77. The van der Waals surface area contributed by atoms with E-state index in [4.69, 9.17) is 21.9 Å². The number of ether oxygens (including phenoxy) is 1. The number of benzene rings is 1. The van der Waals surface area contributed by atoms with Crippen LogP contribution in [0.3, 0.4) is 0 Å². The number of aromatic amines is 1. The molecule has 124 valence electrons. The van der Waals surface area contributed by atoms with Gasteiger partial charge >= 0.3 is 0 Å². The summed E-state index contributed by atoms with van der Waals surface area (Å²) < 4.78 is 8.17.